The molecule has 0 aliphatic carbocycles. The van der Waals surface area contributed by atoms with Crippen LogP contribution < -0.4 is 0 Å². The van der Waals surface area contributed by atoms with Crippen molar-refractivity contribution in [3.8, 4) is 0 Å². The van der Waals surface area contributed by atoms with Crippen LogP contribution in [0, 0.1) is 6.92 Å². The number of carbonyl (C=O) groups excluding carboxylic acids is 2. The summed E-state index contributed by atoms with van der Waals surface area (Å²) >= 11 is 0. The fraction of sp³-hybridized carbons (Fsp3) is 0.333. The molecule has 0 bridgehead atoms. The van der Waals surface area contributed by atoms with Crippen molar-refractivity contribution in [2.45, 2.75) is 29.6 Å². The number of hydrogen-bond donors (Lipinski definition) is 0. The van der Waals surface area contributed by atoms with Gasteiger partial charge in [0.2, 0.25) is 5.91 Å². The van der Waals surface area contributed by atoms with E-state index in [0.717, 1.165) is 11.8 Å². The van der Waals surface area contributed by atoms with Crippen molar-refractivity contribution in [3.63, 3.8) is 0 Å². The first kappa shape index (κ1) is 23.0. The second-order valence-corrected chi connectivity index (χ2v) is 11.6. The molecule has 1 saturated heterocycles. The van der Waals surface area contributed by atoms with E-state index in [-0.39, 0.29) is 28.7 Å². The molecule has 10 heteroatoms. The Kier molecular flexibility index (Phi) is 6.51. The fourth-order valence-corrected chi connectivity index (χ4v) is 5.14. The van der Waals surface area contributed by atoms with Gasteiger partial charge in [0.05, 0.1) is 16.2 Å². The minimum absolute atomic E-state index is 0.0292. The Balaban J connectivity index is 1.69. The average molecular weight is 465 g/mol. The van der Waals surface area contributed by atoms with Crippen molar-refractivity contribution >= 4 is 31.5 Å². The number of aryl methyl sites for hydroxylation is 1. The summed E-state index contributed by atoms with van der Waals surface area (Å²) in [5.74, 6) is -1.73. The number of hydrogen-bond acceptors (Lipinski definition) is 6. The fourth-order valence-electron chi connectivity index (χ4n) is 3.32. The molecule has 2 aromatic carbocycles. The lowest BCUT2D eigenvalue weighted by atomic mass is 10.1. The molecule has 166 valence electrons. The molecule has 1 aliphatic rings. The molecule has 0 saturated carbocycles. The molecule has 31 heavy (non-hydrogen) atoms. The lowest BCUT2D eigenvalue weighted by molar-refractivity contribution is -0.155. The third kappa shape index (κ3) is 5.50. The Labute approximate surface area is 182 Å². The van der Waals surface area contributed by atoms with Crippen LogP contribution in [0.15, 0.2) is 58.3 Å². The predicted molar refractivity (Wildman–Crippen MR) is 115 cm³/mol. The van der Waals surface area contributed by atoms with Gasteiger partial charge in [0.1, 0.15) is 5.75 Å². The molecule has 2 amide bonds. The SMILES string of the molecule is Cc1ccc(S(=O)(=O)CC(=O)N2CCCN2C(=O)Cc2ccc(S(C)(=O)=O)cc2)cc1. The molecule has 1 aliphatic heterocycles. The summed E-state index contributed by atoms with van der Waals surface area (Å²) in [7, 11) is -7.16. The van der Waals surface area contributed by atoms with Gasteiger partial charge in [0.25, 0.3) is 5.91 Å². The number of rotatable bonds is 6. The molecule has 0 N–H and O–H groups in total. The Morgan fingerprint density at radius 2 is 1.32 bits per heavy atom. The van der Waals surface area contributed by atoms with Crippen LogP contribution >= 0.6 is 0 Å². The quantitative estimate of drug-likeness (QED) is 0.639. The lowest BCUT2D eigenvalue weighted by Gasteiger charge is -2.28. The second kappa shape index (κ2) is 8.80. The minimum Gasteiger partial charge on any atom is -0.273 e. The molecule has 0 atom stereocenters. The second-order valence-electron chi connectivity index (χ2n) is 7.55. The van der Waals surface area contributed by atoms with Gasteiger partial charge in [-0.3, -0.25) is 19.6 Å². The molecule has 1 heterocycles. The average Bonchev–Trinajstić information content (AvgIpc) is 3.18. The number of benzene rings is 2. The topological polar surface area (TPSA) is 109 Å². The zero-order valence-electron chi connectivity index (χ0n) is 17.3. The van der Waals surface area contributed by atoms with Crippen LogP contribution in [0.1, 0.15) is 17.5 Å². The maximum absolute atomic E-state index is 12.7. The summed E-state index contributed by atoms with van der Waals surface area (Å²) in [6.07, 6.45) is 1.62. The highest BCUT2D eigenvalue weighted by molar-refractivity contribution is 7.92. The lowest BCUT2D eigenvalue weighted by Crippen LogP contribution is -2.47. The van der Waals surface area contributed by atoms with Gasteiger partial charge < -0.3 is 0 Å². The maximum Gasteiger partial charge on any atom is 0.256 e. The number of nitrogens with zero attached hydrogens (tertiary/aromatic N) is 2. The zero-order valence-corrected chi connectivity index (χ0v) is 18.9. The van der Waals surface area contributed by atoms with E-state index in [9.17, 15) is 26.4 Å². The van der Waals surface area contributed by atoms with E-state index in [1.165, 1.54) is 34.3 Å². The Hall–Kier alpha value is -2.72. The summed E-state index contributed by atoms with van der Waals surface area (Å²) in [6.45, 7) is 2.42. The summed E-state index contributed by atoms with van der Waals surface area (Å²) in [6, 6.07) is 12.2. The maximum atomic E-state index is 12.7. The third-order valence-electron chi connectivity index (χ3n) is 5.01. The van der Waals surface area contributed by atoms with Gasteiger partial charge in [-0.05, 0) is 43.2 Å². The van der Waals surface area contributed by atoms with Crippen LogP contribution in [0.4, 0.5) is 0 Å². The van der Waals surface area contributed by atoms with Crippen molar-refractivity contribution in [1.82, 2.24) is 10.0 Å². The van der Waals surface area contributed by atoms with E-state index < -0.39 is 31.3 Å². The van der Waals surface area contributed by atoms with E-state index in [1.54, 1.807) is 24.3 Å². The normalized spacial score (nSPS) is 14.6. The number of carbonyl (C=O) groups is 2. The van der Waals surface area contributed by atoms with Gasteiger partial charge in [-0.1, -0.05) is 29.8 Å². The molecular formula is C21H24N2O6S2. The summed E-state index contributed by atoms with van der Waals surface area (Å²) in [5, 5.41) is 2.47. The molecule has 0 unspecified atom stereocenters. The number of amides is 2. The Morgan fingerprint density at radius 3 is 1.87 bits per heavy atom. The van der Waals surface area contributed by atoms with Crippen molar-refractivity contribution < 1.29 is 26.4 Å². The van der Waals surface area contributed by atoms with Crippen molar-refractivity contribution in [3.05, 3.63) is 59.7 Å². The van der Waals surface area contributed by atoms with E-state index in [0.29, 0.717) is 18.5 Å². The first-order chi connectivity index (χ1) is 14.5. The van der Waals surface area contributed by atoms with Crippen molar-refractivity contribution in [2.24, 2.45) is 0 Å². The molecule has 2 aromatic rings. The Morgan fingerprint density at radius 1 is 0.806 bits per heavy atom. The number of sulfone groups is 2. The van der Waals surface area contributed by atoms with Gasteiger partial charge in [0.15, 0.2) is 19.7 Å². The van der Waals surface area contributed by atoms with Gasteiger partial charge >= 0.3 is 0 Å². The summed E-state index contributed by atoms with van der Waals surface area (Å²) in [4.78, 5) is 25.7. The molecular weight excluding hydrogens is 440 g/mol. The highest BCUT2D eigenvalue weighted by Gasteiger charge is 2.33. The largest absolute Gasteiger partial charge is 0.273 e. The first-order valence-electron chi connectivity index (χ1n) is 9.66. The van der Waals surface area contributed by atoms with Gasteiger partial charge in [-0.25, -0.2) is 16.8 Å². The van der Waals surface area contributed by atoms with E-state index in [1.807, 2.05) is 6.92 Å². The van der Waals surface area contributed by atoms with Crippen LogP contribution in [-0.2, 0) is 35.7 Å². The van der Waals surface area contributed by atoms with Crippen LogP contribution in [0.2, 0.25) is 0 Å². The van der Waals surface area contributed by atoms with Crippen molar-refractivity contribution in [2.75, 3.05) is 25.1 Å². The highest BCUT2D eigenvalue weighted by Crippen LogP contribution is 2.18. The standard InChI is InChI=1S/C21H24N2O6S2/c1-16-4-8-19(9-5-16)31(28,29)15-21(25)23-13-3-12-22(23)20(24)14-17-6-10-18(11-7-17)30(2,26)27/h4-11H,3,12-15H2,1-2H3. The van der Waals surface area contributed by atoms with Crippen LogP contribution in [0.25, 0.3) is 0 Å². The smallest absolute Gasteiger partial charge is 0.256 e. The summed E-state index contributed by atoms with van der Waals surface area (Å²) < 4.78 is 48.3. The van der Waals surface area contributed by atoms with Crippen molar-refractivity contribution in [1.29, 1.82) is 0 Å². The molecule has 8 nitrogen and oxygen atoms in total. The third-order valence-corrected chi connectivity index (χ3v) is 7.75. The van der Waals surface area contributed by atoms with E-state index in [4.69, 9.17) is 0 Å². The predicted octanol–water partition coefficient (Wildman–Crippen LogP) is 1.39. The molecule has 0 radical (unpaired) electrons. The number of hydrazine groups is 1. The molecule has 0 spiro atoms. The summed E-state index contributed by atoms with van der Waals surface area (Å²) in [5.41, 5.74) is 1.51. The van der Waals surface area contributed by atoms with Gasteiger partial charge in [-0.15, -0.1) is 0 Å². The van der Waals surface area contributed by atoms with Gasteiger partial charge in [0, 0.05) is 19.3 Å². The molecule has 3 rings (SSSR count). The molecule has 1 fully saturated rings. The van der Waals surface area contributed by atoms with E-state index >= 15 is 0 Å². The van der Waals surface area contributed by atoms with Crippen LogP contribution in [-0.4, -0.2) is 63.8 Å². The van der Waals surface area contributed by atoms with Crippen LogP contribution in [0.5, 0.6) is 0 Å². The van der Waals surface area contributed by atoms with Crippen LogP contribution in [0.3, 0.4) is 0 Å². The molecule has 0 aromatic heterocycles. The highest BCUT2D eigenvalue weighted by atomic mass is 32.2. The monoisotopic (exact) mass is 464 g/mol. The zero-order chi connectivity index (χ0) is 22.8. The first-order valence-corrected chi connectivity index (χ1v) is 13.2. The minimum atomic E-state index is -3.83. The Bertz CT molecular complexity index is 1190. The van der Waals surface area contributed by atoms with E-state index in [2.05, 4.69) is 0 Å². The van der Waals surface area contributed by atoms with Gasteiger partial charge in [-0.2, -0.15) is 0 Å².